The molecule has 0 spiro atoms. The first-order chi connectivity index (χ1) is 9.20. The summed E-state index contributed by atoms with van der Waals surface area (Å²) in [6.45, 7) is 1.96. The molecule has 0 unspecified atom stereocenters. The Kier molecular flexibility index (Phi) is 2.56. The summed E-state index contributed by atoms with van der Waals surface area (Å²) >= 11 is 0. The van der Waals surface area contributed by atoms with Crippen LogP contribution in [0.15, 0.2) is 35.3 Å². The van der Waals surface area contributed by atoms with E-state index in [2.05, 4.69) is 9.97 Å². The number of imidazole rings is 1. The molecule has 3 aromatic heterocycles. The normalized spacial score (nSPS) is 11.0. The van der Waals surface area contributed by atoms with E-state index in [1.54, 1.807) is 23.6 Å². The number of H-pyrrole nitrogens is 1. The lowest BCUT2D eigenvalue weighted by Crippen LogP contribution is -2.16. The van der Waals surface area contributed by atoms with Crippen LogP contribution in [-0.2, 0) is 4.74 Å². The fraction of sp³-hybridized carbons (Fsp3) is 0.154. The summed E-state index contributed by atoms with van der Waals surface area (Å²) in [4.78, 5) is 30.5. The third-order valence-electron chi connectivity index (χ3n) is 2.80. The van der Waals surface area contributed by atoms with Crippen LogP contribution in [0, 0.1) is 0 Å². The van der Waals surface area contributed by atoms with Gasteiger partial charge in [0.25, 0.3) is 5.56 Å². The Morgan fingerprint density at radius 3 is 3.11 bits per heavy atom. The molecule has 0 aliphatic carbocycles. The van der Waals surface area contributed by atoms with E-state index in [0.717, 1.165) is 0 Å². The van der Waals surface area contributed by atoms with Crippen LogP contribution in [0.5, 0.6) is 0 Å². The Hall–Kier alpha value is -2.63. The zero-order valence-corrected chi connectivity index (χ0v) is 10.2. The molecule has 0 aromatic carbocycles. The lowest BCUT2D eigenvalue weighted by Gasteiger charge is -2.01. The molecular weight excluding hydrogens is 246 g/mol. The Labute approximate surface area is 107 Å². The van der Waals surface area contributed by atoms with Gasteiger partial charge in [0.05, 0.1) is 12.1 Å². The van der Waals surface area contributed by atoms with E-state index in [-0.39, 0.29) is 17.9 Å². The van der Waals surface area contributed by atoms with Crippen molar-refractivity contribution in [2.45, 2.75) is 6.92 Å². The van der Waals surface area contributed by atoms with Crippen molar-refractivity contribution in [2.24, 2.45) is 0 Å². The van der Waals surface area contributed by atoms with Crippen LogP contribution in [0.3, 0.4) is 0 Å². The highest BCUT2D eigenvalue weighted by atomic mass is 16.5. The van der Waals surface area contributed by atoms with E-state index >= 15 is 0 Å². The van der Waals surface area contributed by atoms with Crippen LogP contribution in [0.2, 0.25) is 0 Å². The van der Waals surface area contributed by atoms with E-state index in [4.69, 9.17) is 4.74 Å². The molecule has 3 aromatic rings. The molecule has 96 valence electrons. The summed E-state index contributed by atoms with van der Waals surface area (Å²) < 4.78 is 6.55. The van der Waals surface area contributed by atoms with E-state index in [9.17, 15) is 9.59 Å². The van der Waals surface area contributed by atoms with Gasteiger partial charge in [0.1, 0.15) is 16.9 Å². The number of rotatable bonds is 2. The molecule has 0 aliphatic heterocycles. The molecule has 0 bridgehead atoms. The molecule has 0 amide bonds. The van der Waals surface area contributed by atoms with Crippen LogP contribution in [-0.4, -0.2) is 26.9 Å². The van der Waals surface area contributed by atoms with Crippen LogP contribution >= 0.6 is 0 Å². The SMILES string of the molecule is CCOC(=O)c1cc2nc3ccccn3c2c(=O)[nH]1. The lowest BCUT2D eigenvalue weighted by molar-refractivity contribution is 0.0519. The summed E-state index contributed by atoms with van der Waals surface area (Å²) in [6, 6.07) is 6.97. The average molecular weight is 257 g/mol. The van der Waals surface area contributed by atoms with E-state index in [0.29, 0.717) is 16.7 Å². The second-order valence-electron chi connectivity index (χ2n) is 4.01. The van der Waals surface area contributed by atoms with Gasteiger partial charge < -0.3 is 9.72 Å². The van der Waals surface area contributed by atoms with E-state index in [1.165, 1.54) is 6.07 Å². The predicted molar refractivity (Wildman–Crippen MR) is 69.3 cm³/mol. The molecular formula is C13H11N3O3. The van der Waals surface area contributed by atoms with Gasteiger partial charge in [-0.05, 0) is 25.1 Å². The molecule has 0 saturated carbocycles. The maximum atomic E-state index is 12.1. The van der Waals surface area contributed by atoms with Crippen LogP contribution in [0.4, 0.5) is 0 Å². The monoisotopic (exact) mass is 257 g/mol. The highest BCUT2D eigenvalue weighted by Gasteiger charge is 2.14. The minimum Gasteiger partial charge on any atom is -0.461 e. The number of nitrogens with one attached hydrogen (secondary N) is 1. The Morgan fingerprint density at radius 2 is 2.32 bits per heavy atom. The van der Waals surface area contributed by atoms with Crippen molar-refractivity contribution in [3.05, 3.63) is 46.5 Å². The zero-order valence-electron chi connectivity index (χ0n) is 10.2. The fourth-order valence-corrected chi connectivity index (χ4v) is 2.01. The third kappa shape index (κ3) is 1.77. The number of nitrogens with zero attached hydrogens (tertiary/aromatic N) is 2. The maximum Gasteiger partial charge on any atom is 0.354 e. The van der Waals surface area contributed by atoms with Crippen molar-refractivity contribution < 1.29 is 9.53 Å². The van der Waals surface area contributed by atoms with Gasteiger partial charge in [-0.15, -0.1) is 0 Å². The van der Waals surface area contributed by atoms with Crippen molar-refractivity contribution in [1.29, 1.82) is 0 Å². The Balaban J connectivity index is 2.30. The van der Waals surface area contributed by atoms with Gasteiger partial charge in [-0.3, -0.25) is 9.20 Å². The topological polar surface area (TPSA) is 76.5 Å². The third-order valence-corrected chi connectivity index (χ3v) is 2.80. The average Bonchev–Trinajstić information content (AvgIpc) is 2.77. The van der Waals surface area contributed by atoms with Gasteiger partial charge in [-0.1, -0.05) is 6.07 Å². The largest absolute Gasteiger partial charge is 0.461 e. The molecule has 0 saturated heterocycles. The lowest BCUT2D eigenvalue weighted by atomic mass is 10.3. The number of ether oxygens (including phenoxy) is 1. The van der Waals surface area contributed by atoms with Crippen molar-refractivity contribution in [1.82, 2.24) is 14.4 Å². The number of carbonyl (C=O) groups is 1. The Bertz CT molecular complexity index is 832. The number of hydrogen-bond acceptors (Lipinski definition) is 4. The zero-order chi connectivity index (χ0) is 13.4. The maximum absolute atomic E-state index is 12.1. The highest BCUT2D eigenvalue weighted by molar-refractivity contribution is 5.92. The van der Waals surface area contributed by atoms with Gasteiger partial charge >= 0.3 is 5.97 Å². The summed E-state index contributed by atoms with van der Waals surface area (Å²) in [5.41, 5.74) is 1.30. The number of hydrogen-bond donors (Lipinski definition) is 1. The van der Waals surface area contributed by atoms with E-state index < -0.39 is 5.97 Å². The minimum absolute atomic E-state index is 0.114. The van der Waals surface area contributed by atoms with Gasteiger partial charge in [-0.25, -0.2) is 9.78 Å². The molecule has 0 aliphatic rings. The van der Waals surface area contributed by atoms with Crippen LogP contribution < -0.4 is 5.56 Å². The van der Waals surface area contributed by atoms with Gasteiger partial charge in [0, 0.05) is 6.20 Å². The molecule has 3 rings (SSSR count). The fourth-order valence-electron chi connectivity index (χ4n) is 2.01. The number of pyridine rings is 2. The number of aromatic nitrogens is 3. The quantitative estimate of drug-likeness (QED) is 0.703. The Morgan fingerprint density at radius 1 is 1.47 bits per heavy atom. The molecule has 3 heterocycles. The minimum atomic E-state index is -0.557. The molecule has 0 fully saturated rings. The first-order valence-corrected chi connectivity index (χ1v) is 5.88. The molecule has 6 nitrogen and oxygen atoms in total. The van der Waals surface area contributed by atoms with Crippen molar-refractivity contribution in [3.8, 4) is 0 Å². The van der Waals surface area contributed by atoms with Gasteiger partial charge in [-0.2, -0.15) is 0 Å². The smallest absolute Gasteiger partial charge is 0.354 e. The molecule has 0 radical (unpaired) electrons. The van der Waals surface area contributed by atoms with Crippen LogP contribution in [0.1, 0.15) is 17.4 Å². The summed E-state index contributed by atoms with van der Waals surface area (Å²) in [7, 11) is 0. The number of carbonyl (C=O) groups excluding carboxylic acids is 1. The highest BCUT2D eigenvalue weighted by Crippen LogP contribution is 2.13. The first-order valence-electron chi connectivity index (χ1n) is 5.88. The number of aromatic amines is 1. The standard InChI is InChI=1S/C13H11N3O3/c1-2-19-13(18)9-7-8-11(12(17)15-9)16-6-4-3-5-10(16)14-8/h3-7H,2H2,1H3,(H,15,17). The van der Waals surface area contributed by atoms with Crippen LogP contribution in [0.25, 0.3) is 16.7 Å². The molecule has 6 heteroatoms. The molecule has 1 N–H and O–H groups in total. The molecule has 19 heavy (non-hydrogen) atoms. The van der Waals surface area contributed by atoms with Crippen molar-refractivity contribution in [2.75, 3.05) is 6.61 Å². The number of fused-ring (bicyclic) bond motifs is 3. The van der Waals surface area contributed by atoms with Crippen molar-refractivity contribution >= 4 is 22.6 Å². The predicted octanol–water partition coefficient (Wildman–Crippen LogP) is 1.35. The second-order valence-corrected chi connectivity index (χ2v) is 4.01. The summed E-state index contributed by atoms with van der Waals surface area (Å²) in [6.07, 6.45) is 1.75. The van der Waals surface area contributed by atoms with E-state index in [1.807, 2.05) is 12.1 Å². The molecule has 0 atom stereocenters. The summed E-state index contributed by atoms with van der Waals surface area (Å²) in [5.74, 6) is -0.557. The summed E-state index contributed by atoms with van der Waals surface area (Å²) in [5, 5.41) is 0. The van der Waals surface area contributed by atoms with Gasteiger partial charge in [0.2, 0.25) is 0 Å². The second kappa shape index (κ2) is 4.24. The number of esters is 1. The van der Waals surface area contributed by atoms with Gasteiger partial charge in [0.15, 0.2) is 0 Å². The first kappa shape index (κ1) is 11.5. The van der Waals surface area contributed by atoms with Crippen molar-refractivity contribution in [3.63, 3.8) is 0 Å².